The maximum Gasteiger partial charge on any atom is 0.472 e. The first-order chi connectivity index (χ1) is 24.2. The molecule has 6 heterocycles. The second kappa shape index (κ2) is 15.4. The van der Waals surface area contributed by atoms with Crippen LogP contribution in [0, 0.1) is 0 Å². The largest absolute Gasteiger partial charge is 0.472 e. The van der Waals surface area contributed by atoms with E-state index in [-0.39, 0.29) is 65.6 Å². The Morgan fingerprint density at radius 3 is 1.98 bits per heavy atom. The minimum absolute atomic E-state index is 0.0125. The number of ether oxygens (including phenoxy) is 2. The van der Waals surface area contributed by atoms with Crippen LogP contribution in [0.15, 0.2) is 22.2 Å². The first kappa shape index (κ1) is 37.5. The maximum atomic E-state index is 12.4. The fourth-order valence-corrected chi connectivity index (χ4v) is 7.68. The number of rotatable bonds is 16. The summed E-state index contributed by atoms with van der Waals surface area (Å²) >= 11 is 1.18. The Morgan fingerprint density at radius 1 is 0.824 bits per heavy atom. The number of aromatic amines is 2. The minimum atomic E-state index is -4.62. The molecule has 4 aromatic rings. The molecule has 2 unspecified atom stereocenters. The van der Waals surface area contributed by atoms with E-state index >= 15 is 0 Å². The molecular weight excluding hydrogens is 746 g/mol. The molecule has 2 aliphatic heterocycles. The third-order valence-corrected chi connectivity index (χ3v) is 10.6. The zero-order chi connectivity index (χ0) is 36.5. The highest BCUT2D eigenvalue weighted by Gasteiger charge is 2.45. The molecule has 6 rings (SSSR count). The zero-order valence-corrected chi connectivity index (χ0v) is 28.9. The Morgan fingerprint density at radius 2 is 1.37 bits per heavy atom. The van der Waals surface area contributed by atoms with Gasteiger partial charge in [-0.2, -0.15) is 21.7 Å². The van der Waals surface area contributed by atoms with E-state index in [4.69, 9.17) is 39.0 Å². The third-order valence-electron chi connectivity index (χ3n) is 7.70. The van der Waals surface area contributed by atoms with Gasteiger partial charge in [0.25, 0.3) is 11.1 Å². The normalized spacial score (nSPS) is 26.2. The van der Waals surface area contributed by atoms with Gasteiger partial charge < -0.3 is 40.9 Å². The highest BCUT2D eigenvalue weighted by Crippen LogP contribution is 2.46. The number of H-pyrrole nitrogens is 2. The Labute approximate surface area is 289 Å². The number of phosphoric acid groups is 2. The zero-order valence-electron chi connectivity index (χ0n) is 26.3. The van der Waals surface area contributed by atoms with Gasteiger partial charge in [-0.3, -0.25) is 46.8 Å². The van der Waals surface area contributed by atoms with Crippen LogP contribution >= 0.6 is 27.4 Å². The van der Waals surface area contributed by atoms with E-state index in [0.717, 1.165) is 0 Å². The number of thioether (sulfide) groups is 1. The van der Waals surface area contributed by atoms with E-state index < -0.39 is 70.2 Å². The number of fused-ring (bicyclic) bond motifs is 2. The standard InChI is InChI=1S/C24H34N10O14P2S/c25-23-29-18-14(20(37)31-23)27-9-33(18)13-2-1-11(47-13)7-45-49(39,40)43-3-5-51-6-4-44-50(41,42)46-8-12-16(35)17(36)22(48-12)34-10-28-15-19(34)30-24(26)32-21(15)38/h9-13,16-17,22,35-36H,1-8H2,(H,39,40)(H,41,42)(H3,25,29,31,37)(H3,26,30,32,38)/t11-,12+,13+,16+,17+,22+/m0/s1. The summed E-state index contributed by atoms with van der Waals surface area (Å²) in [6, 6.07) is 0. The molecule has 0 radical (unpaired) electrons. The highest BCUT2D eigenvalue weighted by atomic mass is 32.2. The molecule has 0 aromatic carbocycles. The van der Waals surface area contributed by atoms with Gasteiger partial charge in [0.15, 0.2) is 28.6 Å². The number of nitrogens with two attached hydrogens (primary N) is 2. The molecule has 24 nitrogen and oxygen atoms in total. The van der Waals surface area contributed by atoms with E-state index in [1.807, 2.05) is 0 Å². The lowest BCUT2D eigenvalue weighted by Gasteiger charge is -2.18. The van der Waals surface area contributed by atoms with E-state index in [2.05, 4.69) is 29.9 Å². The minimum Gasteiger partial charge on any atom is -0.387 e. The highest BCUT2D eigenvalue weighted by molar-refractivity contribution is 7.99. The fraction of sp³-hybridized carbons (Fsp3) is 0.583. The average Bonchev–Trinajstić information content (AvgIpc) is 3.85. The summed E-state index contributed by atoms with van der Waals surface area (Å²) in [5, 5.41) is 21.0. The van der Waals surface area contributed by atoms with E-state index in [1.54, 1.807) is 4.57 Å². The number of nitrogen functional groups attached to an aromatic ring is 2. The van der Waals surface area contributed by atoms with Crippen LogP contribution in [0.2, 0.25) is 0 Å². The van der Waals surface area contributed by atoms with Gasteiger partial charge in [0.2, 0.25) is 11.9 Å². The first-order valence-corrected chi connectivity index (χ1v) is 19.3. The summed E-state index contributed by atoms with van der Waals surface area (Å²) in [4.78, 5) is 64.9. The van der Waals surface area contributed by atoms with Crippen LogP contribution in [0.25, 0.3) is 22.3 Å². The van der Waals surface area contributed by atoms with Crippen molar-refractivity contribution in [2.75, 3.05) is 49.4 Å². The number of phosphoric ester groups is 2. The molecule has 2 aliphatic rings. The number of nitrogens with one attached hydrogen (secondary N) is 2. The van der Waals surface area contributed by atoms with Gasteiger partial charge in [-0.1, -0.05) is 0 Å². The summed E-state index contributed by atoms with van der Waals surface area (Å²) in [5.41, 5.74) is 10.4. The molecule has 8 atom stereocenters. The number of hydrogen-bond donors (Lipinski definition) is 8. The van der Waals surface area contributed by atoms with Crippen molar-refractivity contribution in [3.8, 4) is 0 Å². The Hall–Kier alpha value is -3.29. The van der Waals surface area contributed by atoms with Crippen molar-refractivity contribution < 1.29 is 56.7 Å². The molecule has 0 bridgehead atoms. The van der Waals surface area contributed by atoms with E-state index in [9.17, 15) is 38.7 Å². The predicted octanol–water partition coefficient (Wildman–Crippen LogP) is -1.29. The molecule has 27 heteroatoms. The molecule has 0 saturated carbocycles. The average molecular weight is 781 g/mol. The van der Waals surface area contributed by atoms with Crippen LogP contribution in [0.5, 0.6) is 0 Å². The van der Waals surface area contributed by atoms with Crippen molar-refractivity contribution in [2.24, 2.45) is 0 Å². The van der Waals surface area contributed by atoms with Gasteiger partial charge in [-0.25, -0.2) is 19.1 Å². The maximum absolute atomic E-state index is 12.4. The Balaban J connectivity index is 0.861. The topological polar surface area (TPSA) is 350 Å². The van der Waals surface area contributed by atoms with Crippen molar-refractivity contribution in [3.05, 3.63) is 33.4 Å². The van der Waals surface area contributed by atoms with Gasteiger partial charge >= 0.3 is 15.6 Å². The van der Waals surface area contributed by atoms with Crippen LogP contribution in [-0.2, 0) is 36.7 Å². The number of aliphatic hydroxyl groups excluding tert-OH is 2. The number of imidazole rings is 2. The summed E-state index contributed by atoms with van der Waals surface area (Å²) in [6.45, 7) is -1.32. The number of aromatic nitrogens is 8. The molecule has 51 heavy (non-hydrogen) atoms. The van der Waals surface area contributed by atoms with Crippen molar-refractivity contribution in [2.45, 2.75) is 49.7 Å². The van der Waals surface area contributed by atoms with Crippen molar-refractivity contribution in [1.82, 2.24) is 39.0 Å². The van der Waals surface area contributed by atoms with E-state index in [1.165, 1.54) is 29.0 Å². The molecule has 10 N–H and O–H groups in total. The van der Waals surface area contributed by atoms with Crippen molar-refractivity contribution >= 4 is 61.6 Å². The van der Waals surface area contributed by atoms with Crippen LogP contribution in [0.4, 0.5) is 11.9 Å². The summed E-state index contributed by atoms with van der Waals surface area (Å²) in [5.74, 6) is 0.0972. The van der Waals surface area contributed by atoms with Gasteiger partial charge in [0, 0.05) is 11.5 Å². The van der Waals surface area contributed by atoms with Crippen LogP contribution in [-0.4, -0.2) is 121 Å². The number of anilines is 2. The number of nitrogens with zero attached hydrogens (tertiary/aromatic N) is 6. The van der Waals surface area contributed by atoms with Gasteiger partial charge in [0.1, 0.15) is 24.5 Å². The lowest BCUT2D eigenvalue weighted by molar-refractivity contribution is -0.0512. The Bertz CT molecular complexity index is 2080. The SMILES string of the molecule is Nc1nc2c(ncn2[C@@H]2O[C@H](COP(=O)(O)OCCSCCOP(=O)(O)OC[C@@H]3CC[C@H](n4cnc5c(=O)[nH]c(N)nc54)O3)[C@@H](O)[C@H]2O)c(=O)[nH]1. The predicted molar refractivity (Wildman–Crippen MR) is 175 cm³/mol. The Kier molecular flexibility index (Phi) is 11.3. The summed E-state index contributed by atoms with van der Waals surface area (Å²) in [6.07, 6.45) is -3.17. The second-order valence-corrected chi connectivity index (χ2v) is 15.3. The molecule has 0 amide bonds. The summed E-state index contributed by atoms with van der Waals surface area (Å²) < 4.78 is 58.9. The van der Waals surface area contributed by atoms with Crippen molar-refractivity contribution in [3.63, 3.8) is 0 Å². The fourth-order valence-electron chi connectivity index (χ4n) is 5.34. The first-order valence-electron chi connectivity index (χ1n) is 15.1. The number of aliphatic hydroxyl groups is 2. The molecule has 2 saturated heterocycles. The van der Waals surface area contributed by atoms with E-state index in [0.29, 0.717) is 12.8 Å². The van der Waals surface area contributed by atoms with Gasteiger partial charge in [-0.15, -0.1) is 0 Å². The van der Waals surface area contributed by atoms with Crippen molar-refractivity contribution in [1.29, 1.82) is 0 Å². The quantitative estimate of drug-likeness (QED) is 0.0484. The molecule has 4 aromatic heterocycles. The number of hydrogen-bond acceptors (Lipinski definition) is 19. The van der Waals surface area contributed by atoms with Gasteiger partial charge in [-0.05, 0) is 12.8 Å². The lowest BCUT2D eigenvalue weighted by atomic mass is 10.1. The smallest absolute Gasteiger partial charge is 0.387 e. The molecular formula is C24H34N10O14P2S. The lowest BCUT2D eigenvalue weighted by Crippen LogP contribution is -2.33. The third kappa shape index (κ3) is 8.68. The van der Waals surface area contributed by atoms with Crippen LogP contribution in [0.3, 0.4) is 0 Å². The summed E-state index contributed by atoms with van der Waals surface area (Å²) in [7, 11) is -9.05. The monoisotopic (exact) mass is 780 g/mol. The molecule has 280 valence electrons. The van der Waals surface area contributed by atoms with Gasteiger partial charge in [0.05, 0.1) is 45.2 Å². The second-order valence-electron chi connectivity index (χ2n) is 11.2. The van der Waals surface area contributed by atoms with Crippen LogP contribution in [0.1, 0.15) is 25.3 Å². The molecule has 0 aliphatic carbocycles. The molecule has 2 fully saturated rings. The van der Waals surface area contributed by atoms with Crippen LogP contribution < -0.4 is 22.6 Å². The molecule has 0 spiro atoms.